The van der Waals surface area contributed by atoms with Crippen LogP contribution in [0.5, 0.6) is 5.88 Å². The number of carboxylic acids is 1. The highest BCUT2D eigenvalue weighted by Gasteiger charge is 2.19. The third kappa shape index (κ3) is 2.17. The molecule has 1 rings (SSSR count). The highest BCUT2D eigenvalue weighted by atomic mass is 16.5. The van der Waals surface area contributed by atoms with E-state index in [1.54, 1.807) is 6.92 Å². The highest BCUT2D eigenvalue weighted by Crippen LogP contribution is 2.19. The van der Waals surface area contributed by atoms with Crippen molar-refractivity contribution in [1.29, 1.82) is 0 Å². The average molecular weight is 197 g/mol. The SMILES string of the molecule is CCOc1ncncc1C(N)C(=O)O. The van der Waals surface area contributed by atoms with Gasteiger partial charge in [0.1, 0.15) is 12.4 Å². The molecule has 0 saturated heterocycles. The normalized spacial score (nSPS) is 12.1. The Labute approximate surface area is 80.7 Å². The van der Waals surface area contributed by atoms with E-state index in [0.717, 1.165) is 0 Å². The Morgan fingerprint density at radius 3 is 3.07 bits per heavy atom. The van der Waals surface area contributed by atoms with E-state index < -0.39 is 12.0 Å². The van der Waals surface area contributed by atoms with Crippen LogP contribution in [0.3, 0.4) is 0 Å². The summed E-state index contributed by atoms with van der Waals surface area (Å²) in [4.78, 5) is 18.1. The van der Waals surface area contributed by atoms with E-state index in [4.69, 9.17) is 15.6 Å². The van der Waals surface area contributed by atoms with E-state index in [9.17, 15) is 4.79 Å². The van der Waals surface area contributed by atoms with Crippen LogP contribution in [0.2, 0.25) is 0 Å². The van der Waals surface area contributed by atoms with Crippen LogP contribution in [0.4, 0.5) is 0 Å². The molecule has 0 radical (unpaired) electrons. The van der Waals surface area contributed by atoms with E-state index in [1.807, 2.05) is 0 Å². The Bertz CT molecular complexity index is 329. The summed E-state index contributed by atoms with van der Waals surface area (Å²) in [6.07, 6.45) is 2.62. The molecule has 0 spiro atoms. The monoisotopic (exact) mass is 197 g/mol. The number of hydrogen-bond donors (Lipinski definition) is 2. The third-order valence-corrected chi connectivity index (χ3v) is 1.58. The minimum Gasteiger partial charge on any atom is -0.480 e. The van der Waals surface area contributed by atoms with Crippen molar-refractivity contribution in [2.45, 2.75) is 13.0 Å². The lowest BCUT2D eigenvalue weighted by molar-refractivity contribution is -0.138. The molecule has 0 amide bonds. The second-order valence-corrected chi connectivity index (χ2v) is 2.53. The number of rotatable bonds is 4. The van der Waals surface area contributed by atoms with Crippen LogP contribution in [0.15, 0.2) is 12.5 Å². The number of aliphatic carboxylic acids is 1. The second kappa shape index (κ2) is 4.52. The number of carboxylic acid groups (broad SMARTS) is 1. The number of nitrogens with two attached hydrogens (primary N) is 1. The molecule has 6 heteroatoms. The summed E-state index contributed by atoms with van der Waals surface area (Å²) in [5, 5.41) is 8.69. The molecule has 14 heavy (non-hydrogen) atoms. The van der Waals surface area contributed by atoms with Gasteiger partial charge >= 0.3 is 5.97 Å². The van der Waals surface area contributed by atoms with Crippen LogP contribution in [-0.4, -0.2) is 27.7 Å². The van der Waals surface area contributed by atoms with E-state index >= 15 is 0 Å². The van der Waals surface area contributed by atoms with Crippen molar-refractivity contribution in [1.82, 2.24) is 9.97 Å². The molecule has 3 N–H and O–H groups in total. The maximum atomic E-state index is 10.6. The van der Waals surface area contributed by atoms with Gasteiger partial charge in [-0.3, -0.25) is 4.79 Å². The molecule has 0 aliphatic rings. The number of ether oxygens (including phenoxy) is 1. The quantitative estimate of drug-likeness (QED) is 0.702. The van der Waals surface area contributed by atoms with Crippen molar-refractivity contribution in [3.05, 3.63) is 18.1 Å². The fraction of sp³-hybridized carbons (Fsp3) is 0.375. The number of hydrogen-bond acceptors (Lipinski definition) is 5. The van der Waals surface area contributed by atoms with Crippen LogP contribution in [0, 0.1) is 0 Å². The molecule has 1 atom stereocenters. The topological polar surface area (TPSA) is 98.3 Å². The minimum atomic E-state index is -1.15. The van der Waals surface area contributed by atoms with Gasteiger partial charge in [0.05, 0.1) is 12.2 Å². The molecule has 0 bridgehead atoms. The van der Waals surface area contributed by atoms with Crippen molar-refractivity contribution >= 4 is 5.97 Å². The van der Waals surface area contributed by atoms with Gasteiger partial charge in [-0.15, -0.1) is 0 Å². The van der Waals surface area contributed by atoms with Crippen molar-refractivity contribution in [3.8, 4) is 5.88 Å². The number of nitrogens with zero attached hydrogens (tertiary/aromatic N) is 2. The van der Waals surface area contributed by atoms with Crippen LogP contribution in [0.1, 0.15) is 18.5 Å². The predicted octanol–water partition coefficient (Wildman–Crippen LogP) is -0.0403. The molecule has 1 heterocycles. The van der Waals surface area contributed by atoms with Crippen LogP contribution in [0.25, 0.3) is 0 Å². The summed E-state index contributed by atoms with van der Waals surface area (Å²) in [6.45, 7) is 2.18. The average Bonchev–Trinajstić information content (AvgIpc) is 2.18. The third-order valence-electron chi connectivity index (χ3n) is 1.58. The summed E-state index contributed by atoms with van der Waals surface area (Å²) in [5.74, 6) is -0.918. The van der Waals surface area contributed by atoms with Crippen LogP contribution < -0.4 is 10.5 Å². The summed E-state index contributed by atoms with van der Waals surface area (Å²) >= 11 is 0. The van der Waals surface area contributed by atoms with Gasteiger partial charge in [-0.1, -0.05) is 0 Å². The summed E-state index contributed by atoms with van der Waals surface area (Å²) < 4.78 is 5.11. The second-order valence-electron chi connectivity index (χ2n) is 2.53. The Morgan fingerprint density at radius 1 is 1.79 bits per heavy atom. The lowest BCUT2D eigenvalue weighted by atomic mass is 10.1. The molecule has 1 aromatic rings. The Balaban J connectivity index is 3.00. The van der Waals surface area contributed by atoms with Crippen molar-refractivity contribution < 1.29 is 14.6 Å². The molecular formula is C8H11N3O3. The van der Waals surface area contributed by atoms with Crippen molar-refractivity contribution in [2.75, 3.05) is 6.61 Å². The van der Waals surface area contributed by atoms with Crippen LogP contribution >= 0.6 is 0 Å². The van der Waals surface area contributed by atoms with Gasteiger partial charge in [0.2, 0.25) is 5.88 Å². The molecule has 1 aromatic heterocycles. The van der Waals surface area contributed by atoms with Gasteiger partial charge in [-0.25, -0.2) is 9.97 Å². The first kappa shape index (κ1) is 10.4. The van der Waals surface area contributed by atoms with Gasteiger partial charge in [-0.2, -0.15) is 0 Å². The smallest absolute Gasteiger partial charge is 0.325 e. The zero-order valence-electron chi connectivity index (χ0n) is 7.67. The molecule has 0 aromatic carbocycles. The zero-order valence-corrected chi connectivity index (χ0v) is 7.67. The van der Waals surface area contributed by atoms with E-state index in [0.29, 0.717) is 6.61 Å². The molecule has 76 valence electrons. The lowest BCUT2D eigenvalue weighted by Crippen LogP contribution is -2.22. The van der Waals surface area contributed by atoms with E-state index in [1.165, 1.54) is 12.5 Å². The zero-order chi connectivity index (χ0) is 10.6. The first-order chi connectivity index (χ1) is 6.66. The molecule has 0 aliphatic carbocycles. The Kier molecular flexibility index (Phi) is 3.35. The van der Waals surface area contributed by atoms with Gasteiger partial charge in [0, 0.05) is 6.20 Å². The largest absolute Gasteiger partial charge is 0.480 e. The van der Waals surface area contributed by atoms with E-state index in [2.05, 4.69) is 9.97 Å². The lowest BCUT2D eigenvalue weighted by Gasteiger charge is -2.10. The summed E-state index contributed by atoms with van der Waals surface area (Å²) in [5.41, 5.74) is 5.69. The van der Waals surface area contributed by atoms with Gasteiger partial charge in [0.25, 0.3) is 0 Å². The first-order valence-corrected chi connectivity index (χ1v) is 4.08. The van der Waals surface area contributed by atoms with Crippen molar-refractivity contribution in [3.63, 3.8) is 0 Å². The minimum absolute atomic E-state index is 0.220. The highest BCUT2D eigenvalue weighted by molar-refractivity contribution is 5.75. The molecular weight excluding hydrogens is 186 g/mol. The number of carbonyl (C=O) groups is 1. The van der Waals surface area contributed by atoms with Gasteiger partial charge < -0.3 is 15.6 Å². The van der Waals surface area contributed by atoms with E-state index in [-0.39, 0.29) is 11.4 Å². The molecule has 6 nitrogen and oxygen atoms in total. The molecule has 0 aliphatic heterocycles. The number of aromatic nitrogens is 2. The Morgan fingerprint density at radius 2 is 2.50 bits per heavy atom. The first-order valence-electron chi connectivity index (χ1n) is 4.08. The fourth-order valence-corrected chi connectivity index (χ4v) is 0.933. The predicted molar refractivity (Wildman–Crippen MR) is 47.8 cm³/mol. The maximum absolute atomic E-state index is 10.6. The fourth-order valence-electron chi connectivity index (χ4n) is 0.933. The van der Waals surface area contributed by atoms with Gasteiger partial charge in [0.15, 0.2) is 0 Å². The Hall–Kier alpha value is -1.69. The standard InChI is InChI=1S/C8H11N3O3/c1-2-14-7-5(3-10-4-11-7)6(9)8(12)13/h3-4,6H,2,9H2,1H3,(H,12,13). The maximum Gasteiger partial charge on any atom is 0.325 e. The summed E-state index contributed by atoms with van der Waals surface area (Å²) in [6, 6.07) is -1.15. The molecule has 0 fully saturated rings. The van der Waals surface area contributed by atoms with Gasteiger partial charge in [-0.05, 0) is 6.92 Å². The van der Waals surface area contributed by atoms with Crippen molar-refractivity contribution in [2.24, 2.45) is 5.73 Å². The molecule has 0 saturated carbocycles. The van der Waals surface area contributed by atoms with Crippen LogP contribution in [-0.2, 0) is 4.79 Å². The molecule has 1 unspecified atom stereocenters. The summed E-state index contributed by atoms with van der Waals surface area (Å²) in [7, 11) is 0.